The number of aromatic amines is 1. The van der Waals surface area contributed by atoms with Gasteiger partial charge in [0.2, 0.25) is 0 Å². The zero-order valence-corrected chi connectivity index (χ0v) is 19.5. The number of carbonyl (C=O) groups is 1. The molecular weight excluding hydrogens is 444 g/mol. The summed E-state index contributed by atoms with van der Waals surface area (Å²) in [7, 11) is 3.45. The third kappa shape index (κ3) is 4.74. The molecule has 10 nitrogen and oxygen atoms in total. The van der Waals surface area contributed by atoms with Crippen molar-refractivity contribution in [2.75, 3.05) is 5.73 Å². The standard InChI is InChI=1S/C25H24N8O2/c1-5-11-27-23-21(22(26)31-33(23)4)25(35)29-15(2)19-12-18-8-6-7-17(20(18)24(34)30-19)10-9-16-13-28-32(3)14-16/h5-8,11-15H,1H2,2-4H3,(H2,26,31)(H,29,35)(H,30,34)/b27-11-. The molecule has 0 aliphatic heterocycles. The smallest absolute Gasteiger partial charge is 0.259 e. The van der Waals surface area contributed by atoms with Gasteiger partial charge < -0.3 is 16.0 Å². The number of nitrogens with one attached hydrogen (secondary N) is 2. The van der Waals surface area contributed by atoms with Crippen LogP contribution >= 0.6 is 0 Å². The molecule has 1 atom stereocenters. The summed E-state index contributed by atoms with van der Waals surface area (Å²) < 4.78 is 3.08. The Kier molecular flexibility index (Phi) is 6.33. The highest BCUT2D eigenvalue weighted by molar-refractivity contribution is 6.03. The van der Waals surface area contributed by atoms with Gasteiger partial charge in [-0.15, -0.1) is 0 Å². The van der Waals surface area contributed by atoms with E-state index in [-0.39, 0.29) is 16.9 Å². The van der Waals surface area contributed by atoms with Crippen molar-refractivity contribution in [3.05, 3.63) is 82.1 Å². The van der Waals surface area contributed by atoms with Crippen LogP contribution in [-0.4, -0.2) is 36.7 Å². The quantitative estimate of drug-likeness (QED) is 0.305. The fourth-order valence-electron chi connectivity index (χ4n) is 3.67. The van der Waals surface area contributed by atoms with Gasteiger partial charge in [-0.05, 0) is 24.4 Å². The molecule has 35 heavy (non-hydrogen) atoms. The predicted octanol–water partition coefficient (Wildman–Crippen LogP) is 2.36. The number of aromatic nitrogens is 5. The van der Waals surface area contributed by atoms with E-state index in [1.807, 2.05) is 25.2 Å². The third-order valence-corrected chi connectivity index (χ3v) is 5.33. The van der Waals surface area contributed by atoms with E-state index in [0.29, 0.717) is 27.8 Å². The Morgan fingerprint density at radius 1 is 1.34 bits per heavy atom. The minimum Gasteiger partial charge on any atom is -0.381 e. The fraction of sp³-hybridized carbons (Fsp3) is 0.160. The van der Waals surface area contributed by atoms with Crippen LogP contribution in [0.15, 0.2) is 59.1 Å². The van der Waals surface area contributed by atoms with Crippen LogP contribution in [0.2, 0.25) is 0 Å². The number of aryl methyl sites for hydroxylation is 2. The number of pyridine rings is 1. The number of anilines is 1. The molecule has 1 aromatic carbocycles. The van der Waals surface area contributed by atoms with E-state index < -0.39 is 11.9 Å². The summed E-state index contributed by atoms with van der Waals surface area (Å²) in [4.78, 5) is 33.1. The SMILES string of the molecule is C=C/C=N\c1c(C(=O)NC(C)c2cc3cccc(C#Cc4cnn(C)c4)c3c(=O)[nH]2)c(N)nn1C. The van der Waals surface area contributed by atoms with E-state index >= 15 is 0 Å². The first kappa shape index (κ1) is 23.3. The van der Waals surface area contributed by atoms with Gasteiger partial charge in [-0.1, -0.05) is 36.6 Å². The third-order valence-electron chi connectivity index (χ3n) is 5.33. The van der Waals surface area contributed by atoms with Crippen molar-refractivity contribution in [1.82, 2.24) is 29.9 Å². The molecule has 0 fully saturated rings. The van der Waals surface area contributed by atoms with E-state index in [1.165, 1.54) is 17.0 Å². The summed E-state index contributed by atoms with van der Waals surface area (Å²) in [6.45, 7) is 5.35. The van der Waals surface area contributed by atoms with Crippen molar-refractivity contribution in [1.29, 1.82) is 0 Å². The second kappa shape index (κ2) is 9.52. The Labute approximate surface area is 201 Å². The number of H-pyrrole nitrogens is 1. The second-order valence-electron chi connectivity index (χ2n) is 7.89. The normalized spacial score (nSPS) is 11.9. The van der Waals surface area contributed by atoms with Gasteiger partial charge in [0.1, 0.15) is 5.56 Å². The number of nitrogen functional groups attached to an aromatic ring is 1. The first-order valence-corrected chi connectivity index (χ1v) is 10.7. The topological polar surface area (TPSA) is 136 Å². The van der Waals surface area contributed by atoms with Crippen LogP contribution in [0.1, 0.15) is 40.1 Å². The maximum absolute atomic E-state index is 13.0. The summed E-state index contributed by atoms with van der Waals surface area (Å²) in [6, 6.07) is 6.75. The zero-order valence-electron chi connectivity index (χ0n) is 19.5. The van der Waals surface area contributed by atoms with Crippen LogP contribution in [-0.2, 0) is 14.1 Å². The van der Waals surface area contributed by atoms with Gasteiger partial charge in [-0.2, -0.15) is 10.2 Å². The summed E-state index contributed by atoms with van der Waals surface area (Å²) in [5, 5.41) is 12.2. The molecule has 0 saturated carbocycles. The molecule has 4 aromatic rings. The molecule has 1 unspecified atom stereocenters. The molecule has 4 N–H and O–H groups in total. The number of allylic oxidation sites excluding steroid dienone is 1. The number of rotatable bonds is 5. The first-order chi connectivity index (χ1) is 16.8. The number of fused-ring (bicyclic) bond motifs is 1. The summed E-state index contributed by atoms with van der Waals surface area (Å²) in [5.41, 5.74) is 7.68. The number of hydrogen-bond donors (Lipinski definition) is 3. The van der Waals surface area contributed by atoms with Crippen molar-refractivity contribution in [2.45, 2.75) is 13.0 Å². The fourth-order valence-corrected chi connectivity index (χ4v) is 3.67. The Hall–Kier alpha value is -4.91. The van der Waals surface area contributed by atoms with Gasteiger partial charge in [-0.3, -0.25) is 14.3 Å². The molecule has 0 spiro atoms. The number of carbonyl (C=O) groups excluding carboxylic acids is 1. The minimum absolute atomic E-state index is 0.0530. The van der Waals surface area contributed by atoms with Crippen molar-refractivity contribution in [3.8, 4) is 11.8 Å². The maximum Gasteiger partial charge on any atom is 0.259 e. The number of hydrogen-bond acceptors (Lipinski definition) is 6. The van der Waals surface area contributed by atoms with Crippen LogP contribution in [0.3, 0.4) is 0 Å². The van der Waals surface area contributed by atoms with Crippen LogP contribution in [0, 0.1) is 11.8 Å². The number of amides is 1. The van der Waals surface area contributed by atoms with Crippen molar-refractivity contribution in [3.63, 3.8) is 0 Å². The lowest BCUT2D eigenvalue weighted by Gasteiger charge is -2.15. The number of nitrogens with two attached hydrogens (primary N) is 1. The molecular formula is C25H24N8O2. The average molecular weight is 469 g/mol. The van der Waals surface area contributed by atoms with Gasteiger partial charge in [0, 0.05) is 37.8 Å². The lowest BCUT2D eigenvalue weighted by molar-refractivity contribution is 0.0940. The predicted molar refractivity (Wildman–Crippen MR) is 136 cm³/mol. The van der Waals surface area contributed by atoms with Crippen molar-refractivity contribution < 1.29 is 4.79 Å². The van der Waals surface area contributed by atoms with Crippen molar-refractivity contribution >= 4 is 34.5 Å². The minimum atomic E-state index is -0.527. The van der Waals surface area contributed by atoms with E-state index in [4.69, 9.17) is 5.73 Å². The van der Waals surface area contributed by atoms with Crippen LogP contribution in [0.5, 0.6) is 0 Å². The zero-order chi connectivity index (χ0) is 25.1. The van der Waals surface area contributed by atoms with Gasteiger partial charge >= 0.3 is 0 Å². The van der Waals surface area contributed by atoms with E-state index in [1.54, 1.807) is 37.1 Å². The molecule has 0 saturated heterocycles. The van der Waals surface area contributed by atoms with E-state index in [2.05, 4.69) is 43.9 Å². The molecule has 0 aliphatic carbocycles. The highest BCUT2D eigenvalue weighted by atomic mass is 16.2. The Balaban J connectivity index is 1.65. The lowest BCUT2D eigenvalue weighted by Crippen LogP contribution is -2.29. The molecule has 1 amide bonds. The van der Waals surface area contributed by atoms with Gasteiger partial charge in [-0.25, -0.2) is 9.67 Å². The van der Waals surface area contributed by atoms with Crippen molar-refractivity contribution in [2.24, 2.45) is 19.1 Å². The lowest BCUT2D eigenvalue weighted by atomic mass is 10.0. The van der Waals surface area contributed by atoms with E-state index in [0.717, 1.165) is 5.56 Å². The maximum atomic E-state index is 13.0. The van der Waals surface area contributed by atoms with E-state index in [9.17, 15) is 9.59 Å². The highest BCUT2D eigenvalue weighted by Crippen LogP contribution is 2.25. The molecule has 4 rings (SSSR count). The average Bonchev–Trinajstić information content (AvgIpc) is 3.36. The van der Waals surface area contributed by atoms with Gasteiger partial charge in [0.05, 0.1) is 23.2 Å². The second-order valence-corrected chi connectivity index (χ2v) is 7.89. The molecule has 0 aliphatic rings. The van der Waals surface area contributed by atoms with Crippen LogP contribution in [0.4, 0.5) is 11.6 Å². The summed E-state index contributed by atoms with van der Waals surface area (Å²) in [6.07, 6.45) is 6.40. The molecule has 0 bridgehead atoms. The number of benzene rings is 1. The monoisotopic (exact) mass is 468 g/mol. The molecule has 176 valence electrons. The highest BCUT2D eigenvalue weighted by Gasteiger charge is 2.23. The Morgan fingerprint density at radius 3 is 2.86 bits per heavy atom. The number of aliphatic imine (C=N–C) groups is 1. The molecule has 0 radical (unpaired) electrons. The van der Waals surface area contributed by atoms with Gasteiger partial charge in [0.15, 0.2) is 11.6 Å². The molecule has 3 aromatic heterocycles. The Bertz CT molecular complexity index is 1590. The molecule has 3 heterocycles. The first-order valence-electron chi connectivity index (χ1n) is 10.7. The summed E-state index contributed by atoms with van der Waals surface area (Å²) >= 11 is 0. The Morgan fingerprint density at radius 2 is 2.14 bits per heavy atom. The van der Waals surface area contributed by atoms with Gasteiger partial charge in [0.25, 0.3) is 11.5 Å². The van der Waals surface area contributed by atoms with Crippen LogP contribution in [0.25, 0.3) is 10.8 Å². The molecule has 10 heteroatoms. The van der Waals surface area contributed by atoms with Crippen LogP contribution < -0.4 is 16.6 Å². The number of nitrogens with zero attached hydrogens (tertiary/aromatic N) is 5. The summed E-state index contributed by atoms with van der Waals surface area (Å²) in [5.74, 6) is 5.98. The largest absolute Gasteiger partial charge is 0.381 e.